The van der Waals surface area contributed by atoms with Crippen LogP contribution in [-0.4, -0.2) is 0 Å². The summed E-state index contributed by atoms with van der Waals surface area (Å²) in [6.45, 7) is 0. The minimum absolute atomic E-state index is 0.610. The molecule has 0 amide bonds. The first kappa shape index (κ1) is 86.1. The van der Waals surface area contributed by atoms with Crippen LogP contribution in [0.3, 0.4) is 0 Å². The van der Waals surface area contributed by atoms with Gasteiger partial charge in [-0.3, -0.25) is 0 Å². The highest BCUT2D eigenvalue weighted by Crippen LogP contribution is 2.69. The SMILES string of the molecule is c1ccc(N2c3ccccc3C3(c4ccccc4-c4c(N(c5ccc(-c6ccc7sc8ccccc8c7c6)cc5)c5ccccc5-c5ccccc5-c5cccc6ccccc56)cccc43)c3ccccc32)cc1.c1ccc(N2c3ccccc3C3(c4ccccc4-c4c(N(c5ccc(-c6cccc7c6sc6ccccc67)cc5)c5ccccc5-c5ccccc5-c5cccc6ccccc56)cccc43)c3ccccc32)cc1. The van der Waals surface area contributed by atoms with E-state index in [4.69, 9.17) is 0 Å². The van der Waals surface area contributed by atoms with Crippen LogP contribution in [0.1, 0.15) is 44.5 Å². The van der Waals surface area contributed by atoms with E-state index in [-0.39, 0.29) is 0 Å². The summed E-state index contributed by atoms with van der Waals surface area (Å²) in [5, 5.41) is 10.2. The smallest absolute Gasteiger partial charge is 0.0755 e. The maximum absolute atomic E-state index is 2.55. The Morgan fingerprint density at radius 3 is 0.932 bits per heavy atom. The van der Waals surface area contributed by atoms with E-state index in [9.17, 15) is 0 Å². The summed E-state index contributed by atoms with van der Waals surface area (Å²) in [6.07, 6.45) is 0. The number of hydrogen-bond acceptors (Lipinski definition) is 6. The Kier molecular flexibility index (Phi) is 20.5. The number of nitrogens with zero attached hydrogens (tertiary/aromatic N) is 4. The van der Waals surface area contributed by atoms with E-state index in [1.54, 1.807) is 0 Å². The molecule has 0 saturated carbocycles. The lowest BCUT2D eigenvalue weighted by Crippen LogP contribution is -2.36. The van der Waals surface area contributed by atoms with Crippen molar-refractivity contribution in [2.45, 2.75) is 10.8 Å². The molecule has 0 atom stereocenters. The summed E-state index contributed by atoms with van der Waals surface area (Å²) >= 11 is 3.74. The molecular weight excluding hydrogens is 1830 g/mol. The molecule has 692 valence electrons. The molecule has 4 heterocycles. The fraction of sp³-hybridized carbons (Fsp3) is 0.0141. The van der Waals surface area contributed by atoms with Crippen molar-refractivity contribution in [1.82, 2.24) is 0 Å². The van der Waals surface area contributed by atoms with Crippen molar-refractivity contribution >= 4 is 153 Å². The third-order valence-corrected chi connectivity index (χ3v) is 33.7. The van der Waals surface area contributed by atoms with Gasteiger partial charge in [0.15, 0.2) is 0 Å². The van der Waals surface area contributed by atoms with Crippen molar-refractivity contribution < 1.29 is 0 Å². The van der Waals surface area contributed by atoms with Crippen molar-refractivity contribution in [3.8, 4) is 89.0 Å². The van der Waals surface area contributed by atoms with Crippen molar-refractivity contribution in [3.63, 3.8) is 0 Å². The summed E-state index contributed by atoms with van der Waals surface area (Å²) in [4.78, 5) is 10.00. The van der Waals surface area contributed by atoms with Gasteiger partial charge in [0.1, 0.15) is 0 Å². The number of fused-ring (bicyclic) bond motifs is 26. The van der Waals surface area contributed by atoms with Gasteiger partial charge in [0, 0.05) is 85.3 Å². The highest BCUT2D eigenvalue weighted by atomic mass is 32.1. The third kappa shape index (κ3) is 13.4. The minimum Gasteiger partial charge on any atom is -0.310 e. The Morgan fingerprint density at radius 2 is 0.466 bits per heavy atom. The number of para-hydroxylation sites is 8. The molecule has 30 rings (SSSR count). The Bertz CT molecular complexity index is 9680. The molecular formula is C142H92N4S2. The quantitative estimate of drug-likeness (QED) is 0.108. The van der Waals surface area contributed by atoms with Gasteiger partial charge < -0.3 is 19.6 Å². The average Bonchev–Trinajstić information content (AvgIpc) is 1.50. The van der Waals surface area contributed by atoms with Gasteiger partial charge in [0.2, 0.25) is 0 Å². The molecule has 4 aliphatic rings. The van der Waals surface area contributed by atoms with Gasteiger partial charge in [-0.05, 0) is 254 Å². The van der Waals surface area contributed by atoms with Crippen LogP contribution < -0.4 is 19.6 Å². The van der Waals surface area contributed by atoms with Gasteiger partial charge in [0.25, 0.3) is 0 Å². The Balaban J connectivity index is 0.000000140. The zero-order valence-corrected chi connectivity index (χ0v) is 82.4. The lowest BCUT2D eigenvalue weighted by molar-refractivity contribution is 0.752. The molecule has 6 heteroatoms. The number of benzene rings is 24. The standard InChI is InChI=1S/2C71H46N2S/c1-2-23-49(24-3-1)73-65-39-15-12-35-61(65)71(62-36-13-16-40-66(62)73)60-34-11-8-30-59(60)69-63(71)37-20-41-67(69)72(50-45-43-48(44-46-50)52-31-19-33-58-57-29-10-17-42-68(57)74-70(52)58)64-38-14-9-28-56(64)55-27-7-6-26-54(55)53-32-18-22-47-21-4-5-25-51(47)53;1-2-22-50(23-3-1)73-65-36-15-12-32-61(65)71(62-33-13-16-37-66(62)73)60-31-11-8-29-58(60)70-63(71)34-19-38-67(70)72(51-43-40-47(41-44-51)49-42-45-69-59(46-49)57-28-10-17-39-68(57)74-69)64-35-14-9-27-56(64)55-26-7-6-25-54(55)53-30-18-21-48-20-4-5-24-52(48)53/h2*1-46H. The van der Waals surface area contributed by atoms with Crippen molar-refractivity contribution in [1.29, 1.82) is 0 Å². The second-order valence-corrected chi connectivity index (χ2v) is 41.1. The minimum atomic E-state index is -0.612. The molecule has 0 saturated heterocycles. The molecule has 2 aliphatic heterocycles. The maximum atomic E-state index is 2.55. The molecule has 4 nitrogen and oxygen atoms in total. The molecule has 2 aromatic heterocycles. The first-order valence-electron chi connectivity index (χ1n) is 51.0. The Hall–Kier alpha value is -18.6. The number of hydrogen-bond donors (Lipinski definition) is 0. The van der Waals surface area contributed by atoms with Gasteiger partial charge in [0.05, 0.1) is 56.3 Å². The predicted molar refractivity (Wildman–Crippen MR) is 627 cm³/mol. The number of thiophene rings is 2. The molecule has 24 aromatic carbocycles. The maximum Gasteiger partial charge on any atom is 0.0755 e. The molecule has 0 N–H and O–H groups in total. The Labute approximate surface area is 868 Å². The van der Waals surface area contributed by atoms with Crippen LogP contribution in [0.15, 0.2) is 558 Å². The summed E-state index contributed by atoms with van der Waals surface area (Å²) in [5.41, 5.74) is 41.9. The average molecular weight is 1920 g/mol. The van der Waals surface area contributed by atoms with Crippen molar-refractivity contribution in [3.05, 3.63) is 603 Å². The zero-order valence-electron chi connectivity index (χ0n) is 80.7. The lowest BCUT2D eigenvalue weighted by Gasteiger charge is -2.45. The van der Waals surface area contributed by atoms with Crippen LogP contribution in [0.25, 0.3) is 151 Å². The van der Waals surface area contributed by atoms with Crippen LogP contribution in [0.5, 0.6) is 0 Å². The highest BCUT2D eigenvalue weighted by Gasteiger charge is 2.55. The summed E-state index contributed by atoms with van der Waals surface area (Å²) in [5.74, 6) is 0. The van der Waals surface area contributed by atoms with Crippen molar-refractivity contribution in [2.75, 3.05) is 19.6 Å². The van der Waals surface area contributed by atoms with Crippen LogP contribution in [0.4, 0.5) is 68.2 Å². The molecule has 0 bridgehead atoms. The van der Waals surface area contributed by atoms with Crippen LogP contribution in [-0.2, 0) is 10.8 Å². The van der Waals surface area contributed by atoms with Crippen LogP contribution in [0.2, 0.25) is 0 Å². The van der Waals surface area contributed by atoms with Gasteiger partial charge >= 0.3 is 0 Å². The fourth-order valence-electron chi connectivity index (χ4n) is 25.3. The zero-order chi connectivity index (χ0) is 97.5. The molecule has 0 radical (unpaired) electrons. The lowest BCUT2D eigenvalue weighted by atomic mass is 9.64. The molecule has 2 aliphatic carbocycles. The monoisotopic (exact) mass is 1920 g/mol. The van der Waals surface area contributed by atoms with Gasteiger partial charge in [-0.25, -0.2) is 0 Å². The van der Waals surface area contributed by atoms with E-state index >= 15 is 0 Å². The van der Waals surface area contributed by atoms with Gasteiger partial charge in [-0.1, -0.05) is 437 Å². The molecule has 148 heavy (non-hydrogen) atoms. The van der Waals surface area contributed by atoms with Crippen LogP contribution in [0, 0.1) is 0 Å². The summed E-state index contributed by atoms with van der Waals surface area (Å²) in [7, 11) is 0. The number of anilines is 12. The summed E-state index contributed by atoms with van der Waals surface area (Å²) < 4.78 is 5.25. The first-order valence-corrected chi connectivity index (χ1v) is 52.6. The largest absolute Gasteiger partial charge is 0.310 e. The Morgan fingerprint density at radius 1 is 0.169 bits per heavy atom. The van der Waals surface area contributed by atoms with Crippen LogP contribution >= 0.6 is 22.7 Å². The van der Waals surface area contributed by atoms with Crippen molar-refractivity contribution in [2.24, 2.45) is 0 Å². The second kappa shape index (κ2) is 35.2. The topological polar surface area (TPSA) is 13.0 Å². The van der Waals surface area contributed by atoms with Gasteiger partial charge in [-0.15, -0.1) is 22.7 Å². The highest BCUT2D eigenvalue weighted by molar-refractivity contribution is 7.26. The predicted octanol–water partition coefficient (Wildman–Crippen LogP) is 39.6. The molecule has 0 fully saturated rings. The first-order chi connectivity index (χ1) is 73.5. The van der Waals surface area contributed by atoms with E-state index in [1.807, 2.05) is 22.7 Å². The van der Waals surface area contributed by atoms with E-state index in [0.29, 0.717) is 0 Å². The van der Waals surface area contributed by atoms with Gasteiger partial charge in [-0.2, -0.15) is 0 Å². The molecule has 26 aromatic rings. The third-order valence-electron chi connectivity index (χ3n) is 31.4. The fourth-order valence-corrected chi connectivity index (χ4v) is 27.6. The summed E-state index contributed by atoms with van der Waals surface area (Å²) in [6, 6.07) is 207. The van der Waals surface area contributed by atoms with E-state index < -0.39 is 10.8 Å². The normalized spacial score (nSPS) is 12.9. The van der Waals surface area contributed by atoms with E-state index in [0.717, 1.165) is 56.6 Å². The van der Waals surface area contributed by atoms with E-state index in [2.05, 4.69) is 578 Å². The second-order valence-electron chi connectivity index (χ2n) is 38.9. The van der Waals surface area contributed by atoms with E-state index in [1.165, 1.54) is 207 Å². The molecule has 2 spiro atoms. The molecule has 0 unspecified atom stereocenters. The number of rotatable bonds is 14.